The molecule has 1 heterocycles. The van der Waals surface area contributed by atoms with E-state index in [1.54, 1.807) is 11.0 Å². The number of nitrogens with zero attached hydrogens (tertiary/aromatic N) is 3. The fraction of sp³-hybridized carbons (Fsp3) is 0.441. The minimum absolute atomic E-state index is 0.109. The Bertz CT molecular complexity index is 1630. The number of likely N-dealkylation sites (tertiary alicyclic amines) is 1. The number of allylic oxidation sites excluding steroid dienone is 1. The summed E-state index contributed by atoms with van der Waals surface area (Å²) in [4.78, 5) is 76.0. The van der Waals surface area contributed by atoms with Crippen LogP contribution in [-0.4, -0.2) is 78.8 Å². The van der Waals surface area contributed by atoms with Crippen molar-refractivity contribution in [3.05, 3.63) is 90.2 Å². The van der Waals surface area contributed by atoms with Gasteiger partial charge < -0.3 is 50.2 Å². The molecule has 0 aromatic heterocycles. The maximum atomic E-state index is 16.0. The number of esters is 1. The summed E-state index contributed by atoms with van der Waals surface area (Å²) in [6, 6.07) is 11.4. The zero-order chi connectivity index (χ0) is 41.1. The Kier molecular flexibility index (Phi) is 19.0. The van der Waals surface area contributed by atoms with Crippen molar-refractivity contribution >= 4 is 35.2 Å². The highest BCUT2D eigenvalue weighted by molar-refractivity contribution is 7.40. The zero-order valence-corrected chi connectivity index (χ0v) is 31.9. The van der Waals surface area contributed by atoms with Gasteiger partial charge in [-0.15, -0.1) is 0 Å². The van der Waals surface area contributed by atoms with Crippen LogP contribution in [0.4, 0.5) is 13.6 Å². The third kappa shape index (κ3) is 15.7. The monoisotopic (exact) mass is 830 g/mol. The van der Waals surface area contributed by atoms with Crippen LogP contribution in [0.3, 0.4) is 0 Å². The van der Waals surface area contributed by atoms with E-state index in [1.165, 1.54) is 48.5 Å². The van der Waals surface area contributed by atoms with Gasteiger partial charge in [-0.3, -0.25) is 19.3 Å². The molecule has 56 heavy (non-hydrogen) atoms. The number of aliphatic hydroxyl groups is 1. The predicted molar refractivity (Wildman–Crippen MR) is 197 cm³/mol. The molecule has 0 saturated carbocycles. The molecule has 2 aromatic rings. The number of carbonyl (C=O) groups excluding carboxylic acids is 3. The molecule has 0 radical (unpaired) electrons. The molecule has 3 rings (SSSR count). The molecular weight excluding hydrogens is 784 g/mol. The van der Waals surface area contributed by atoms with Gasteiger partial charge in [0.05, 0.1) is 11.6 Å². The minimum atomic E-state index is -3.69. The molecule has 0 bridgehead atoms. The fourth-order valence-corrected chi connectivity index (χ4v) is 6.37. The number of amides is 2. The quantitative estimate of drug-likeness (QED) is 0.0103. The van der Waals surface area contributed by atoms with Crippen molar-refractivity contribution in [2.24, 2.45) is 16.3 Å². The minimum Gasteiger partial charge on any atom is -0.448 e. The van der Waals surface area contributed by atoms with Gasteiger partial charge in [0.15, 0.2) is 6.10 Å². The number of rotatable bonds is 24. The van der Waals surface area contributed by atoms with E-state index in [0.29, 0.717) is 31.5 Å². The van der Waals surface area contributed by atoms with Crippen molar-refractivity contribution in [1.29, 1.82) is 0 Å². The van der Waals surface area contributed by atoms with Crippen LogP contribution >= 0.6 is 17.2 Å². The van der Waals surface area contributed by atoms with Crippen molar-refractivity contribution in [3.8, 4) is 5.75 Å². The van der Waals surface area contributed by atoms with Crippen LogP contribution in [0.5, 0.6) is 5.75 Å². The van der Waals surface area contributed by atoms with Crippen LogP contribution in [0.25, 0.3) is 0 Å². The highest BCUT2D eigenvalue weighted by atomic mass is 31.2. The van der Waals surface area contributed by atoms with Gasteiger partial charge in [0.2, 0.25) is 5.91 Å². The molecule has 1 saturated heterocycles. The van der Waals surface area contributed by atoms with Gasteiger partial charge in [0.25, 0.3) is 5.97 Å². The van der Waals surface area contributed by atoms with Crippen molar-refractivity contribution in [2.45, 2.75) is 81.8 Å². The van der Waals surface area contributed by atoms with E-state index < -0.39 is 65.3 Å². The molecule has 0 unspecified atom stereocenters. The first kappa shape index (κ1) is 46.2. The van der Waals surface area contributed by atoms with Crippen LogP contribution in [0.15, 0.2) is 89.5 Å². The standard InChI is InChI=1S/C34H46F2N6O12P2/c1-24(39-41-40-37)11-5-2-3-8-22-42-27(17-19-30(42)43)16-18-29(34(35,36)26-13-6-4-7-14-26)52-31(44)25-12-9-15-28(23-25)51-32(45)38-21-10-20-33(46,53-55(47)48)54-56(49)50/h4,6-7,9,12-16,18,23,27,29,46-50H,1-3,5,8,10-11,17,19-22H2,(H2,37,41)(H,38,45)(H,39,40)/b18-16+/t27-,29+/m0/s1. The third-order valence-electron chi connectivity index (χ3n) is 8.19. The number of carbonyl (C=O) groups is 3. The summed E-state index contributed by atoms with van der Waals surface area (Å²) in [5, 5.41) is 19.0. The predicted octanol–water partition coefficient (Wildman–Crippen LogP) is 4.82. The number of benzene rings is 2. The van der Waals surface area contributed by atoms with Crippen molar-refractivity contribution in [2.75, 3.05) is 13.1 Å². The van der Waals surface area contributed by atoms with E-state index in [0.717, 1.165) is 31.4 Å². The lowest BCUT2D eigenvalue weighted by molar-refractivity contribution is -0.282. The molecular formula is C34H46F2N6O12P2. The summed E-state index contributed by atoms with van der Waals surface area (Å²) in [6.45, 7) is 4.04. The first-order valence-corrected chi connectivity index (χ1v) is 19.6. The van der Waals surface area contributed by atoms with Gasteiger partial charge in [-0.05, 0) is 56.4 Å². The molecule has 1 aliphatic rings. The van der Waals surface area contributed by atoms with Crippen LogP contribution in [0.1, 0.15) is 73.7 Å². The van der Waals surface area contributed by atoms with E-state index in [-0.39, 0.29) is 36.6 Å². The zero-order valence-electron chi connectivity index (χ0n) is 30.2. The molecule has 22 heteroatoms. The van der Waals surface area contributed by atoms with Crippen molar-refractivity contribution in [3.63, 3.8) is 0 Å². The van der Waals surface area contributed by atoms with Crippen LogP contribution in [0.2, 0.25) is 0 Å². The highest BCUT2D eigenvalue weighted by Gasteiger charge is 2.43. The van der Waals surface area contributed by atoms with Crippen LogP contribution in [0, 0.1) is 0 Å². The van der Waals surface area contributed by atoms with E-state index in [2.05, 4.69) is 36.8 Å². The number of alkyl halides is 2. The molecule has 1 fully saturated rings. The summed E-state index contributed by atoms with van der Waals surface area (Å²) >= 11 is 0. The number of nitrogens with one attached hydrogen (secondary N) is 2. The number of hydrogen-bond donors (Lipinski definition) is 8. The average Bonchev–Trinajstić information content (AvgIpc) is 3.50. The lowest BCUT2D eigenvalue weighted by Crippen LogP contribution is -2.36. The maximum Gasteiger partial charge on any atom is 0.412 e. The lowest BCUT2D eigenvalue weighted by Gasteiger charge is -2.27. The smallest absolute Gasteiger partial charge is 0.412 e. The Balaban J connectivity index is 1.64. The molecule has 2 atom stereocenters. The third-order valence-corrected chi connectivity index (χ3v) is 9.09. The van der Waals surface area contributed by atoms with Gasteiger partial charge in [-0.1, -0.05) is 72.3 Å². The van der Waals surface area contributed by atoms with Crippen LogP contribution in [-0.2, 0) is 24.5 Å². The summed E-state index contributed by atoms with van der Waals surface area (Å²) in [5.41, 5.74) is 2.66. The van der Waals surface area contributed by atoms with Gasteiger partial charge in [0.1, 0.15) is 5.75 Å². The van der Waals surface area contributed by atoms with Gasteiger partial charge in [-0.25, -0.2) is 9.59 Å². The number of nitrogens with two attached hydrogens (primary N) is 1. The summed E-state index contributed by atoms with van der Waals surface area (Å²) in [5.74, 6) is -2.91. The number of ether oxygens (including phenoxy) is 2. The highest BCUT2D eigenvalue weighted by Crippen LogP contribution is 2.41. The Hall–Kier alpha value is -4.23. The topological polar surface area (TPSA) is 267 Å². The van der Waals surface area contributed by atoms with E-state index in [1.807, 2.05) is 0 Å². The van der Waals surface area contributed by atoms with Gasteiger partial charge in [0, 0.05) is 37.2 Å². The summed E-state index contributed by atoms with van der Waals surface area (Å²) in [6.07, 6.45) is 3.26. The second kappa shape index (κ2) is 23.1. The normalized spacial score (nSPS) is 15.6. The molecule has 2 amide bonds. The van der Waals surface area contributed by atoms with Crippen LogP contribution < -0.4 is 21.3 Å². The molecule has 308 valence electrons. The SMILES string of the molecule is C=C(CCCCCCN1C(=O)CC[C@@H]1/C=C/[C@@H](OC(=O)c1cccc(OC(=O)NCCCC(O)(OP(O)O)OP(O)O)c1)C(F)(F)c1ccccc1)NN=NN. The maximum absolute atomic E-state index is 16.0. The second-order valence-electron chi connectivity index (χ2n) is 12.3. The largest absolute Gasteiger partial charge is 0.448 e. The Morgan fingerprint density at radius 2 is 1.73 bits per heavy atom. The first-order chi connectivity index (χ1) is 26.6. The Morgan fingerprint density at radius 1 is 1.04 bits per heavy atom. The van der Waals surface area contributed by atoms with Gasteiger partial charge >= 0.3 is 35.2 Å². The van der Waals surface area contributed by atoms with Gasteiger partial charge in [-0.2, -0.15) is 8.78 Å². The molecule has 2 aromatic carbocycles. The summed E-state index contributed by atoms with van der Waals surface area (Å²) < 4.78 is 51.3. The fourth-order valence-electron chi connectivity index (χ4n) is 5.54. The van der Waals surface area contributed by atoms with E-state index in [4.69, 9.17) is 34.9 Å². The van der Waals surface area contributed by atoms with Crippen molar-refractivity contribution < 1.29 is 66.4 Å². The average molecular weight is 831 g/mol. The number of unbranched alkanes of at least 4 members (excludes halogenated alkanes) is 3. The van der Waals surface area contributed by atoms with Crippen molar-refractivity contribution in [1.82, 2.24) is 15.6 Å². The molecule has 0 aliphatic carbocycles. The molecule has 18 nitrogen and oxygen atoms in total. The Morgan fingerprint density at radius 3 is 2.41 bits per heavy atom. The van der Waals surface area contributed by atoms with E-state index >= 15 is 8.78 Å². The number of hydrogen-bond acceptors (Lipinski definition) is 14. The van der Waals surface area contributed by atoms with E-state index in [9.17, 15) is 19.5 Å². The second-order valence-corrected chi connectivity index (χ2v) is 13.7. The Labute approximate surface area is 323 Å². The number of halogens is 2. The lowest BCUT2D eigenvalue weighted by atomic mass is 10.0. The molecule has 0 spiro atoms. The summed E-state index contributed by atoms with van der Waals surface area (Å²) in [7, 11) is -6.28. The molecule has 9 N–H and O–H groups in total. The molecule has 1 aliphatic heterocycles. The first-order valence-electron chi connectivity index (χ1n) is 17.3.